The maximum absolute atomic E-state index is 13.1. The molecule has 0 radical (unpaired) electrons. The number of nitrogen functional groups attached to an aromatic ring is 1. The summed E-state index contributed by atoms with van der Waals surface area (Å²) in [7, 11) is 0. The Balaban J connectivity index is 1.37. The predicted molar refractivity (Wildman–Crippen MR) is 143 cm³/mol. The number of carboxylic acid groups (broad SMARTS) is 1. The fourth-order valence-electron chi connectivity index (χ4n) is 4.35. The molecular weight excluding hydrogens is 584 g/mol. The van der Waals surface area contributed by atoms with Crippen LogP contribution in [0.15, 0.2) is 45.5 Å². The molecule has 1 unspecified atom stereocenters. The van der Waals surface area contributed by atoms with E-state index in [0.29, 0.717) is 5.57 Å². The lowest BCUT2D eigenvalue weighted by Crippen LogP contribution is -2.71. The minimum atomic E-state index is -1.51. The Morgan fingerprint density at radius 2 is 2.23 bits per heavy atom. The second kappa shape index (κ2) is 11.5. The highest BCUT2D eigenvalue weighted by Crippen LogP contribution is 2.40. The topological polar surface area (TPSA) is 190 Å². The van der Waals surface area contributed by atoms with Crippen molar-refractivity contribution in [1.82, 2.24) is 15.2 Å². The molecule has 0 spiro atoms. The van der Waals surface area contributed by atoms with Crippen LogP contribution in [0.2, 0.25) is 0 Å². The highest BCUT2D eigenvalue weighted by molar-refractivity contribution is 8.00. The zero-order chi connectivity index (χ0) is 28.4. The lowest BCUT2D eigenvalue weighted by Gasteiger charge is -2.50. The van der Waals surface area contributed by atoms with Crippen molar-refractivity contribution >= 4 is 79.0 Å². The van der Waals surface area contributed by atoms with Gasteiger partial charge in [-0.25, -0.2) is 9.37 Å². The summed E-state index contributed by atoms with van der Waals surface area (Å²) in [6.07, 6.45) is 1.80. The van der Waals surface area contributed by atoms with Crippen molar-refractivity contribution in [3.63, 3.8) is 0 Å². The number of nitrogens with zero attached hydrogens (tertiary/aromatic N) is 5. The summed E-state index contributed by atoms with van der Waals surface area (Å²) in [5, 5.41) is 33.7. The molecule has 2 atom stereocenters. The Morgan fingerprint density at radius 1 is 1.40 bits per heavy atom. The third kappa shape index (κ3) is 5.03. The molecule has 2 amide bonds. The number of rotatable bonds is 10. The Labute approximate surface area is 237 Å². The van der Waals surface area contributed by atoms with E-state index in [4.69, 9.17) is 11.0 Å². The van der Waals surface area contributed by atoms with E-state index in [1.54, 1.807) is 6.20 Å². The number of nitriles is 1. The van der Waals surface area contributed by atoms with Gasteiger partial charge in [0.25, 0.3) is 23.5 Å². The molecule has 5 heterocycles. The number of carbonyl (C=O) groups is 3. The standard InChI is InChI=1S/C23H19FN8O5S3/c24-10-37-30-15(14-9-40-23(26)28-14)18(33)29-16-19(34)32-17(22(35)36)11(7-38-21(16)32)6-31-5-1-2-12-13(27-4-3-25)8-39-20(12)31/h1-2,5,8-9,16,21,27H,4,6-7,10H2,(H3-,26,28,29,33,35,36)/b30-15-/t16?,21-/m1/s1. The monoisotopic (exact) mass is 602 g/mol. The van der Waals surface area contributed by atoms with Gasteiger partial charge in [-0.3, -0.25) is 14.5 Å². The summed E-state index contributed by atoms with van der Waals surface area (Å²) < 4.78 is 14.4. The van der Waals surface area contributed by atoms with Gasteiger partial charge < -0.3 is 31.1 Å². The molecule has 40 heavy (non-hydrogen) atoms. The van der Waals surface area contributed by atoms with E-state index in [0.717, 1.165) is 32.1 Å². The summed E-state index contributed by atoms with van der Waals surface area (Å²) >= 11 is 3.75. The molecule has 206 valence electrons. The van der Waals surface area contributed by atoms with Gasteiger partial charge in [-0.1, -0.05) is 16.5 Å². The van der Waals surface area contributed by atoms with Crippen molar-refractivity contribution in [2.75, 3.05) is 30.2 Å². The number of hydrogen-bond donors (Lipinski definition) is 3. The number of fused-ring (bicyclic) bond motifs is 2. The molecule has 0 aliphatic carbocycles. The smallest absolute Gasteiger partial charge is 0.276 e. The number of carboxylic acids is 1. The molecular formula is C23H19FN8O5S3. The van der Waals surface area contributed by atoms with Crippen LogP contribution in [0.3, 0.4) is 0 Å². The van der Waals surface area contributed by atoms with Crippen LogP contribution >= 0.6 is 34.4 Å². The molecule has 13 nitrogen and oxygen atoms in total. The third-order valence-electron chi connectivity index (χ3n) is 6.03. The minimum absolute atomic E-state index is 0.0386. The van der Waals surface area contributed by atoms with Crippen LogP contribution in [0, 0.1) is 11.3 Å². The quantitative estimate of drug-likeness (QED) is 0.0930. The van der Waals surface area contributed by atoms with Gasteiger partial charge in [0.15, 0.2) is 23.6 Å². The number of thiophene rings is 1. The molecule has 1 saturated heterocycles. The minimum Gasteiger partial charge on any atom is -0.543 e. The summed E-state index contributed by atoms with van der Waals surface area (Å²) in [6.45, 7) is -0.966. The maximum Gasteiger partial charge on any atom is 0.276 e. The molecule has 4 N–H and O–H groups in total. The van der Waals surface area contributed by atoms with Crippen molar-refractivity contribution in [3.8, 4) is 6.07 Å². The van der Waals surface area contributed by atoms with E-state index in [1.807, 2.05) is 28.1 Å². The largest absolute Gasteiger partial charge is 0.543 e. The third-order valence-corrected chi connectivity index (χ3v) is 9.07. The number of aromatic nitrogens is 2. The zero-order valence-corrected chi connectivity index (χ0v) is 22.8. The number of oxime groups is 1. The van der Waals surface area contributed by atoms with E-state index in [-0.39, 0.29) is 41.1 Å². The molecule has 3 aromatic rings. The SMILES string of the molecule is N#CCNc1csc2c1ccc[n+]2CC1=C(C(=O)[O-])N2C(=O)C(NC(=O)/C(=N\OCF)c3csc(N)n3)[C@H]2SC1. The van der Waals surface area contributed by atoms with Crippen LogP contribution in [0.4, 0.5) is 15.2 Å². The summed E-state index contributed by atoms with van der Waals surface area (Å²) in [4.78, 5) is 48.6. The molecule has 2 aliphatic heterocycles. The number of halogens is 1. The first-order chi connectivity index (χ1) is 19.3. The fraction of sp³-hybridized carbons (Fsp3) is 0.261. The molecule has 0 aromatic carbocycles. The molecule has 1 fully saturated rings. The van der Waals surface area contributed by atoms with Crippen molar-refractivity contribution in [1.29, 1.82) is 5.26 Å². The molecule has 5 rings (SSSR count). The second-order valence-corrected chi connectivity index (χ2v) is 11.2. The van der Waals surface area contributed by atoms with Crippen molar-refractivity contribution in [3.05, 3.63) is 46.1 Å². The van der Waals surface area contributed by atoms with Crippen LogP contribution in [-0.2, 0) is 25.8 Å². The highest BCUT2D eigenvalue weighted by atomic mass is 32.2. The van der Waals surface area contributed by atoms with Gasteiger partial charge in [-0.2, -0.15) is 9.83 Å². The number of nitrogens with two attached hydrogens (primary N) is 1. The van der Waals surface area contributed by atoms with E-state index < -0.39 is 36.1 Å². The second-order valence-electron chi connectivity index (χ2n) is 8.37. The first-order valence-corrected chi connectivity index (χ1v) is 14.3. The Hall–Kier alpha value is -4.27. The van der Waals surface area contributed by atoms with Gasteiger partial charge in [0, 0.05) is 28.2 Å². The van der Waals surface area contributed by atoms with Crippen LogP contribution in [-0.4, -0.2) is 64.0 Å². The number of aliphatic carboxylic acids is 1. The van der Waals surface area contributed by atoms with E-state index >= 15 is 0 Å². The summed E-state index contributed by atoms with van der Waals surface area (Å²) in [5.74, 6) is -2.76. The number of thioether (sulfide) groups is 1. The molecule has 3 aromatic heterocycles. The van der Waals surface area contributed by atoms with Crippen LogP contribution in [0.1, 0.15) is 5.69 Å². The number of nitrogens with one attached hydrogen (secondary N) is 2. The van der Waals surface area contributed by atoms with Crippen LogP contribution in [0.5, 0.6) is 0 Å². The number of pyridine rings is 1. The number of β-lactam (4-membered cyclic amide) rings is 1. The number of carbonyl (C=O) groups excluding carboxylic acids is 3. The number of hydrogen-bond acceptors (Lipinski definition) is 13. The lowest BCUT2D eigenvalue weighted by molar-refractivity contribution is -0.661. The van der Waals surface area contributed by atoms with Gasteiger partial charge in [-0.15, -0.1) is 23.1 Å². The predicted octanol–water partition coefficient (Wildman–Crippen LogP) is -0.0852. The molecule has 17 heteroatoms. The number of alkyl halides is 1. The van der Waals surface area contributed by atoms with E-state index in [9.17, 15) is 23.9 Å². The Bertz CT molecular complexity index is 1610. The van der Waals surface area contributed by atoms with Gasteiger partial charge in [0.2, 0.25) is 0 Å². The fourth-order valence-corrected chi connectivity index (χ4v) is 7.23. The molecule has 0 saturated carbocycles. The van der Waals surface area contributed by atoms with Crippen LogP contribution in [0.25, 0.3) is 10.2 Å². The summed E-state index contributed by atoms with van der Waals surface area (Å²) in [6, 6.07) is 4.67. The van der Waals surface area contributed by atoms with Gasteiger partial charge >= 0.3 is 0 Å². The summed E-state index contributed by atoms with van der Waals surface area (Å²) in [5.41, 5.74) is 6.29. The normalized spacial score (nSPS) is 18.6. The number of thiazole rings is 1. The Kier molecular flexibility index (Phi) is 7.82. The van der Waals surface area contributed by atoms with Gasteiger partial charge in [-0.05, 0) is 6.07 Å². The number of anilines is 2. The van der Waals surface area contributed by atoms with E-state index in [2.05, 4.69) is 25.6 Å². The van der Waals surface area contributed by atoms with E-state index in [1.165, 1.54) is 28.5 Å². The van der Waals surface area contributed by atoms with Crippen molar-refractivity contribution in [2.24, 2.45) is 5.16 Å². The lowest BCUT2D eigenvalue weighted by atomic mass is 10.0. The average Bonchev–Trinajstić information content (AvgIpc) is 3.56. The Morgan fingerprint density at radius 3 is 2.92 bits per heavy atom. The van der Waals surface area contributed by atoms with Gasteiger partial charge in [0.05, 0.1) is 28.8 Å². The maximum atomic E-state index is 13.1. The first kappa shape index (κ1) is 27.3. The zero-order valence-electron chi connectivity index (χ0n) is 20.3. The van der Waals surface area contributed by atoms with Gasteiger partial charge in [0.1, 0.15) is 23.7 Å². The van der Waals surface area contributed by atoms with Crippen LogP contribution < -0.4 is 26.0 Å². The number of amides is 2. The average molecular weight is 603 g/mol. The van der Waals surface area contributed by atoms with Crippen molar-refractivity contribution < 1.29 is 33.3 Å². The molecule has 0 bridgehead atoms. The van der Waals surface area contributed by atoms with Crippen molar-refractivity contribution in [2.45, 2.75) is 18.0 Å². The molecule has 2 aliphatic rings. The highest BCUT2D eigenvalue weighted by Gasteiger charge is 2.53. The first-order valence-electron chi connectivity index (χ1n) is 11.5.